The predicted molar refractivity (Wildman–Crippen MR) is 119 cm³/mol. The minimum atomic E-state index is -0.424. The number of nitro groups is 1. The Kier molecular flexibility index (Phi) is 5.27. The number of rotatable bonds is 5. The van der Waals surface area contributed by atoms with Gasteiger partial charge in [0, 0.05) is 54.4 Å². The molecule has 2 N–H and O–H groups in total. The van der Waals surface area contributed by atoms with Gasteiger partial charge in [-0.3, -0.25) is 14.9 Å². The zero-order valence-corrected chi connectivity index (χ0v) is 17.1. The summed E-state index contributed by atoms with van der Waals surface area (Å²) in [7, 11) is 1.51. The van der Waals surface area contributed by atoms with E-state index in [0.29, 0.717) is 18.8 Å². The van der Waals surface area contributed by atoms with Crippen LogP contribution in [0, 0.1) is 10.1 Å². The van der Waals surface area contributed by atoms with Gasteiger partial charge in [0.25, 0.3) is 11.6 Å². The summed E-state index contributed by atoms with van der Waals surface area (Å²) in [6.45, 7) is 3.40. The van der Waals surface area contributed by atoms with Crippen molar-refractivity contribution in [2.45, 2.75) is 19.8 Å². The highest BCUT2D eigenvalue weighted by molar-refractivity contribution is 5.96. The Labute approximate surface area is 174 Å². The lowest BCUT2D eigenvalue weighted by Gasteiger charge is -2.28. The van der Waals surface area contributed by atoms with Crippen LogP contribution in [0.15, 0.2) is 48.7 Å². The Hall–Kier alpha value is -3.61. The molecule has 0 unspecified atom stereocenters. The molecule has 2 aromatic carbocycles. The van der Waals surface area contributed by atoms with Crippen LogP contribution in [0.25, 0.3) is 16.5 Å². The molecule has 0 bridgehead atoms. The van der Waals surface area contributed by atoms with E-state index in [-0.39, 0.29) is 17.2 Å². The molecule has 4 rings (SSSR count). The summed E-state index contributed by atoms with van der Waals surface area (Å²) < 4.78 is 0. The Morgan fingerprint density at radius 1 is 1.30 bits per heavy atom. The first-order valence-corrected chi connectivity index (χ1v) is 10.1. The second kappa shape index (κ2) is 8.02. The third-order valence-corrected chi connectivity index (χ3v) is 5.74. The number of hydrogen-bond acceptors (Lipinski definition) is 4. The summed E-state index contributed by atoms with van der Waals surface area (Å²) in [6, 6.07) is 11.0. The average Bonchev–Trinajstić information content (AvgIpc) is 3.22. The number of nitro benzene ring substituents is 1. The second-order valence-corrected chi connectivity index (χ2v) is 7.36. The molecule has 0 radical (unpaired) electrons. The first kappa shape index (κ1) is 19.7. The van der Waals surface area contributed by atoms with E-state index in [1.54, 1.807) is 12.1 Å². The molecule has 1 amide bonds. The number of aryl methyl sites for hydroxylation is 1. The summed E-state index contributed by atoms with van der Waals surface area (Å²) in [5, 5.41) is 15.3. The molecule has 0 fully saturated rings. The molecule has 1 aromatic heterocycles. The minimum Gasteiger partial charge on any atom is -0.362 e. The van der Waals surface area contributed by atoms with Crippen molar-refractivity contribution in [3.05, 3.63) is 75.5 Å². The van der Waals surface area contributed by atoms with Crippen molar-refractivity contribution in [1.29, 1.82) is 0 Å². The van der Waals surface area contributed by atoms with E-state index in [4.69, 9.17) is 0 Å². The maximum atomic E-state index is 11.8. The zero-order valence-electron chi connectivity index (χ0n) is 17.1. The standard InChI is InChI=1S/C23H24N4O3/c1-3-15-5-4-6-18-19(14-25-22(15)18)16-9-11-26(12-10-16)20-8-7-17(23(28)24-2)13-21(20)27(29)30/h4-9,13-14,25H,3,10-12H2,1-2H3,(H,24,28). The minimum absolute atomic E-state index is 0.0485. The normalized spacial score (nSPS) is 13.9. The molecule has 3 aromatic rings. The molecule has 1 aliphatic heterocycles. The third-order valence-electron chi connectivity index (χ3n) is 5.74. The Morgan fingerprint density at radius 2 is 2.13 bits per heavy atom. The maximum Gasteiger partial charge on any atom is 0.293 e. The quantitative estimate of drug-likeness (QED) is 0.490. The van der Waals surface area contributed by atoms with E-state index in [9.17, 15) is 14.9 Å². The number of nitrogens with zero attached hydrogens (tertiary/aromatic N) is 2. The van der Waals surface area contributed by atoms with Crippen LogP contribution in [-0.4, -0.2) is 36.0 Å². The molecule has 0 saturated carbocycles. The largest absolute Gasteiger partial charge is 0.362 e. The fourth-order valence-electron chi connectivity index (χ4n) is 4.13. The Bertz CT molecular complexity index is 1160. The van der Waals surface area contributed by atoms with Crippen LogP contribution in [0.3, 0.4) is 0 Å². The number of carbonyl (C=O) groups is 1. The van der Waals surface area contributed by atoms with Gasteiger partial charge in [-0.2, -0.15) is 0 Å². The van der Waals surface area contributed by atoms with E-state index < -0.39 is 4.92 Å². The Morgan fingerprint density at radius 3 is 2.80 bits per heavy atom. The van der Waals surface area contributed by atoms with Gasteiger partial charge in [0.15, 0.2) is 0 Å². The van der Waals surface area contributed by atoms with Gasteiger partial charge in [0.1, 0.15) is 5.69 Å². The number of anilines is 1. The van der Waals surface area contributed by atoms with Crippen molar-refractivity contribution in [3.63, 3.8) is 0 Å². The number of fused-ring (bicyclic) bond motifs is 1. The molecular weight excluding hydrogens is 380 g/mol. The Balaban J connectivity index is 1.63. The highest BCUT2D eigenvalue weighted by atomic mass is 16.6. The maximum absolute atomic E-state index is 11.8. The van der Waals surface area contributed by atoms with Crippen LogP contribution >= 0.6 is 0 Å². The van der Waals surface area contributed by atoms with Gasteiger partial charge in [0.2, 0.25) is 0 Å². The van der Waals surface area contributed by atoms with Crippen LogP contribution in [0.4, 0.5) is 11.4 Å². The monoisotopic (exact) mass is 404 g/mol. The molecule has 0 aliphatic carbocycles. The molecule has 0 spiro atoms. The van der Waals surface area contributed by atoms with E-state index in [1.165, 1.54) is 40.7 Å². The summed E-state index contributed by atoms with van der Waals surface area (Å²) in [4.78, 5) is 28.4. The number of benzene rings is 2. The number of nitrogens with one attached hydrogen (secondary N) is 2. The number of carbonyl (C=O) groups excluding carboxylic acids is 1. The van der Waals surface area contributed by atoms with Crippen molar-refractivity contribution in [2.24, 2.45) is 0 Å². The van der Waals surface area contributed by atoms with Gasteiger partial charge < -0.3 is 15.2 Å². The van der Waals surface area contributed by atoms with Crippen molar-refractivity contribution in [2.75, 3.05) is 25.0 Å². The highest BCUT2D eigenvalue weighted by Crippen LogP contribution is 2.35. The van der Waals surface area contributed by atoms with Crippen molar-refractivity contribution < 1.29 is 9.72 Å². The highest BCUT2D eigenvalue weighted by Gasteiger charge is 2.24. The fourth-order valence-corrected chi connectivity index (χ4v) is 4.13. The van der Waals surface area contributed by atoms with Crippen molar-refractivity contribution in [3.8, 4) is 0 Å². The van der Waals surface area contributed by atoms with E-state index in [0.717, 1.165) is 12.8 Å². The average molecular weight is 404 g/mol. The fraction of sp³-hybridized carbons (Fsp3) is 0.261. The predicted octanol–water partition coefficient (Wildman–Crippen LogP) is 4.29. The SMILES string of the molecule is CCc1cccc2c(C3=CCN(c4ccc(C(=O)NC)cc4[N+](=O)[O-])CC3)c[nH]c12. The summed E-state index contributed by atoms with van der Waals surface area (Å²) in [6.07, 6.45) is 5.96. The first-order valence-electron chi connectivity index (χ1n) is 10.1. The zero-order chi connectivity index (χ0) is 21.3. The van der Waals surface area contributed by atoms with Crippen molar-refractivity contribution in [1.82, 2.24) is 10.3 Å². The number of aromatic nitrogens is 1. The number of hydrogen-bond donors (Lipinski definition) is 2. The van der Waals surface area contributed by atoms with Crippen LogP contribution < -0.4 is 10.2 Å². The van der Waals surface area contributed by atoms with Gasteiger partial charge >= 0.3 is 0 Å². The van der Waals surface area contributed by atoms with E-state index in [2.05, 4.69) is 47.7 Å². The summed E-state index contributed by atoms with van der Waals surface area (Å²) in [5.41, 5.74) is 5.69. The molecule has 2 heterocycles. The topological polar surface area (TPSA) is 91.3 Å². The third kappa shape index (κ3) is 3.43. The molecule has 0 saturated heterocycles. The van der Waals surface area contributed by atoms with Crippen molar-refractivity contribution >= 4 is 33.8 Å². The molecule has 1 aliphatic rings. The summed E-state index contributed by atoms with van der Waals surface area (Å²) >= 11 is 0. The van der Waals surface area contributed by atoms with E-state index >= 15 is 0 Å². The number of aromatic amines is 1. The smallest absolute Gasteiger partial charge is 0.293 e. The lowest BCUT2D eigenvalue weighted by Crippen LogP contribution is -2.29. The number of para-hydroxylation sites is 1. The van der Waals surface area contributed by atoms with Gasteiger partial charge in [-0.15, -0.1) is 0 Å². The second-order valence-electron chi connectivity index (χ2n) is 7.36. The molecule has 30 heavy (non-hydrogen) atoms. The molecule has 0 atom stereocenters. The van der Waals surface area contributed by atoms with Gasteiger partial charge in [0.05, 0.1) is 4.92 Å². The van der Waals surface area contributed by atoms with Gasteiger partial charge in [-0.1, -0.05) is 31.2 Å². The van der Waals surface area contributed by atoms with E-state index in [1.807, 2.05) is 4.90 Å². The van der Waals surface area contributed by atoms with Crippen LogP contribution in [0.1, 0.15) is 34.8 Å². The van der Waals surface area contributed by atoms with Crippen LogP contribution in [0.2, 0.25) is 0 Å². The molecular formula is C23H24N4O3. The lowest BCUT2D eigenvalue weighted by atomic mass is 9.97. The number of amides is 1. The molecule has 154 valence electrons. The number of H-pyrrole nitrogens is 1. The molecule has 7 heteroatoms. The van der Waals surface area contributed by atoms with Gasteiger partial charge in [-0.05, 0) is 36.1 Å². The van der Waals surface area contributed by atoms with Gasteiger partial charge in [-0.25, -0.2) is 0 Å². The first-order chi connectivity index (χ1) is 14.5. The van der Waals surface area contributed by atoms with Crippen LogP contribution in [0.5, 0.6) is 0 Å². The molecule has 7 nitrogen and oxygen atoms in total. The summed E-state index contributed by atoms with van der Waals surface area (Å²) in [5.74, 6) is -0.337. The van der Waals surface area contributed by atoms with Crippen LogP contribution in [-0.2, 0) is 6.42 Å². The lowest BCUT2D eigenvalue weighted by molar-refractivity contribution is -0.384.